The van der Waals surface area contributed by atoms with Gasteiger partial charge in [0.1, 0.15) is 5.75 Å². The molecule has 3 nitrogen and oxygen atoms in total. The summed E-state index contributed by atoms with van der Waals surface area (Å²) in [6.07, 6.45) is 1.90. The minimum atomic E-state index is 0. The van der Waals surface area contributed by atoms with Crippen molar-refractivity contribution >= 4 is 12.4 Å². The molecule has 15 heavy (non-hydrogen) atoms. The summed E-state index contributed by atoms with van der Waals surface area (Å²) in [4.78, 5) is 0. The van der Waals surface area contributed by atoms with Crippen LogP contribution in [0.4, 0.5) is 0 Å². The lowest BCUT2D eigenvalue weighted by Crippen LogP contribution is -2.12. The van der Waals surface area contributed by atoms with Gasteiger partial charge in [-0.2, -0.15) is 0 Å². The molecule has 0 spiro atoms. The van der Waals surface area contributed by atoms with E-state index in [1.54, 1.807) is 7.11 Å². The van der Waals surface area contributed by atoms with E-state index in [2.05, 4.69) is 0 Å². The molecule has 0 saturated heterocycles. The molecule has 4 N–H and O–H groups in total. The number of nitrogens with two attached hydrogens (primary N) is 2. The molecule has 1 atom stereocenters. The molecule has 0 saturated carbocycles. The Morgan fingerprint density at radius 2 is 1.87 bits per heavy atom. The Balaban J connectivity index is 0.00000196. The summed E-state index contributed by atoms with van der Waals surface area (Å²) in [5.74, 6) is 0.861. The molecule has 4 heteroatoms. The maximum Gasteiger partial charge on any atom is 0.118 e. The van der Waals surface area contributed by atoms with E-state index in [1.165, 1.54) is 0 Å². The van der Waals surface area contributed by atoms with Crippen molar-refractivity contribution in [1.29, 1.82) is 0 Å². The summed E-state index contributed by atoms with van der Waals surface area (Å²) < 4.78 is 5.07. The van der Waals surface area contributed by atoms with E-state index in [0.717, 1.165) is 24.2 Å². The normalized spacial score (nSPS) is 11.7. The van der Waals surface area contributed by atoms with Gasteiger partial charge >= 0.3 is 0 Å². The second kappa shape index (κ2) is 7.51. The van der Waals surface area contributed by atoms with Gasteiger partial charge in [0.25, 0.3) is 0 Å². The molecule has 0 aliphatic carbocycles. The Kier molecular flexibility index (Phi) is 7.13. The van der Waals surface area contributed by atoms with Crippen LogP contribution >= 0.6 is 12.4 Å². The Labute approximate surface area is 97.2 Å². The minimum Gasteiger partial charge on any atom is -0.497 e. The molecule has 0 heterocycles. The number of rotatable bonds is 5. The quantitative estimate of drug-likeness (QED) is 0.812. The highest BCUT2D eigenvalue weighted by Crippen LogP contribution is 2.18. The third kappa shape index (κ3) is 4.51. The molecule has 1 rings (SSSR count). The summed E-state index contributed by atoms with van der Waals surface area (Å²) in [5.41, 5.74) is 12.5. The lowest BCUT2D eigenvalue weighted by Gasteiger charge is -2.11. The molecule has 0 bridgehead atoms. The van der Waals surface area contributed by atoms with Crippen LogP contribution < -0.4 is 16.2 Å². The highest BCUT2D eigenvalue weighted by molar-refractivity contribution is 5.85. The lowest BCUT2D eigenvalue weighted by molar-refractivity contribution is 0.414. The molecule has 1 aromatic rings. The van der Waals surface area contributed by atoms with E-state index in [4.69, 9.17) is 16.2 Å². The van der Waals surface area contributed by atoms with E-state index in [-0.39, 0.29) is 18.4 Å². The van der Waals surface area contributed by atoms with Crippen molar-refractivity contribution in [1.82, 2.24) is 0 Å². The number of ether oxygens (including phenoxy) is 1. The van der Waals surface area contributed by atoms with Crippen molar-refractivity contribution < 1.29 is 4.74 Å². The number of hydrogen-bond acceptors (Lipinski definition) is 3. The average molecular weight is 231 g/mol. The third-order valence-corrected chi connectivity index (χ3v) is 2.26. The van der Waals surface area contributed by atoms with Crippen molar-refractivity contribution in [3.63, 3.8) is 0 Å². The van der Waals surface area contributed by atoms with E-state index < -0.39 is 0 Å². The van der Waals surface area contributed by atoms with Gasteiger partial charge in [0, 0.05) is 6.04 Å². The van der Waals surface area contributed by atoms with Crippen LogP contribution in [0.5, 0.6) is 5.75 Å². The zero-order valence-corrected chi connectivity index (χ0v) is 9.80. The zero-order valence-electron chi connectivity index (χ0n) is 8.98. The molecule has 0 aromatic heterocycles. The van der Waals surface area contributed by atoms with Crippen molar-refractivity contribution in [2.45, 2.75) is 18.9 Å². The zero-order chi connectivity index (χ0) is 10.4. The van der Waals surface area contributed by atoms with E-state index in [1.807, 2.05) is 24.3 Å². The van der Waals surface area contributed by atoms with Gasteiger partial charge in [-0.3, -0.25) is 0 Å². The number of halogens is 1. The molecule has 0 unspecified atom stereocenters. The van der Waals surface area contributed by atoms with Gasteiger partial charge in [-0.05, 0) is 37.1 Å². The van der Waals surface area contributed by atoms with Crippen LogP contribution in [0.25, 0.3) is 0 Å². The van der Waals surface area contributed by atoms with Crippen LogP contribution in [-0.2, 0) is 0 Å². The highest BCUT2D eigenvalue weighted by atomic mass is 35.5. The van der Waals surface area contributed by atoms with Crippen LogP contribution in [0.1, 0.15) is 24.4 Å². The summed E-state index contributed by atoms with van der Waals surface area (Å²) in [6, 6.07) is 7.94. The summed E-state index contributed by atoms with van der Waals surface area (Å²) in [6.45, 7) is 0.698. The van der Waals surface area contributed by atoms with Gasteiger partial charge in [0.15, 0.2) is 0 Å². The monoisotopic (exact) mass is 230 g/mol. The van der Waals surface area contributed by atoms with Crippen molar-refractivity contribution in [3.8, 4) is 5.75 Å². The summed E-state index contributed by atoms with van der Waals surface area (Å²) in [7, 11) is 1.66. The SMILES string of the molecule is COc1ccc([C@@H](N)CCCN)cc1.Cl. The van der Waals surface area contributed by atoms with E-state index >= 15 is 0 Å². The molecule has 0 fully saturated rings. The summed E-state index contributed by atoms with van der Waals surface area (Å²) in [5, 5.41) is 0. The Morgan fingerprint density at radius 1 is 1.27 bits per heavy atom. The number of hydrogen-bond donors (Lipinski definition) is 2. The first-order valence-electron chi connectivity index (χ1n) is 4.87. The molecule has 86 valence electrons. The van der Waals surface area contributed by atoms with Crippen molar-refractivity contribution in [3.05, 3.63) is 29.8 Å². The van der Waals surface area contributed by atoms with Gasteiger partial charge < -0.3 is 16.2 Å². The largest absolute Gasteiger partial charge is 0.497 e. The fourth-order valence-corrected chi connectivity index (χ4v) is 1.36. The van der Waals surface area contributed by atoms with Crippen LogP contribution in [0.15, 0.2) is 24.3 Å². The van der Waals surface area contributed by atoms with Crippen LogP contribution in [-0.4, -0.2) is 13.7 Å². The second-order valence-electron chi connectivity index (χ2n) is 3.31. The first-order chi connectivity index (χ1) is 6.77. The molecular formula is C11H19ClN2O. The maximum atomic E-state index is 5.98. The smallest absolute Gasteiger partial charge is 0.118 e. The minimum absolute atomic E-state index is 0. The van der Waals surface area contributed by atoms with Crippen LogP contribution in [0.3, 0.4) is 0 Å². The number of benzene rings is 1. The van der Waals surface area contributed by atoms with Crippen molar-refractivity contribution in [2.75, 3.05) is 13.7 Å². The Morgan fingerprint density at radius 3 is 2.33 bits per heavy atom. The predicted octanol–water partition coefficient (Wildman–Crippen LogP) is 1.86. The highest BCUT2D eigenvalue weighted by Gasteiger charge is 2.04. The molecule has 0 aliphatic rings. The maximum absolute atomic E-state index is 5.98. The molecule has 0 amide bonds. The van der Waals surface area contributed by atoms with E-state index in [9.17, 15) is 0 Å². The Hall–Kier alpha value is -0.770. The van der Waals surface area contributed by atoms with Crippen molar-refractivity contribution in [2.24, 2.45) is 11.5 Å². The fraction of sp³-hybridized carbons (Fsp3) is 0.455. The molecule has 1 aromatic carbocycles. The second-order valence-corrected chi connectivity index (χ2v) is 3.31. The first kappa shape index (κ1) is 14.2. The van der Waals surface area contributed by atoms with Gasteiger partial charge in [-0.1, -0.05) is 12.1 Å². The number of methoxy groups -OCH3 is 1. The summed E-state index contributed by atoms with van der Waals surface area (Å²) >= 11 is 0. The fourth-order valence-electron chi connectivity index (χ4n) is 1.36. The third-order valence-electron chi connectivity index (χ3n) is 2.26. The van der Waals surface area contributed by atoms with Crippen LogP contribution in [0, 0.1) is 0 Å². The van der Waals surface area contributed by atoms with Gasteiger partial charge in [-0.25, -0.2) is 0 Å². The first-order valence-corrected chi connectivity index (χ1v) is 4.87. The van der Waals surface area contributed by atoms with Crippen LogP contribution in [0.2, 0.25) is 0 Å². The lowest BCUT2D eigenvalue weighted by atomic mass is 10.0. The molecule has 0 aliphatic heterocycles. The molecular weight excluding hydrogens is 212 g/mol. The predicted molar refractivity (Wildman–Crippen MR) is 65.5 cm³/mol. The topological polar surface area (TPSA) is 61.3 Å². The Bertz CT molecular complexity index is 264. The standard InChI is InChI=1S/C11H18N2O.ClH/c1-14-10-6-4-9(5-7-10)11(13)3-2-8-12;/h4-7,11H,2-3,8,12-13H2,1H3;1H/t11-;/m0./s1. The van der Waals surface area contributed by atoms with Gasteiger partial charge in [0.05, 0.1) is 7.11 Å². The van der Waals surface area contributed by atoms with E-state index in [0.29, 0.717) is 6.54 Å². The average Bonchev–Trinajstić information content (AvgIpc) is 2.26. The molecule has 0 radical (unpaired) electrons. The van der Waals surface area contributed by atoms with Gasteiger partial charge in [0.2, 0.25) is 0 Å². The van der Waals surface area contributed by atoms with Gasteiger partial charge in [-0.15, -0.1) is 12.4 Å².